The van der Waals surface area contributed by atoms with E-state index in [-0.39, 0.29) is 30.0 Å². The van der Waals surface area contributed by atoms with E-state index in [1.807, 2.05) is 47.0 Å². The van der Waals surface area contributed by atoms with Crippen molar-refractivity contribution in [1.82, 2.24) is 30.1 Å². The number of para-hydroxylation sites is 1. The number of aromatic nitrogens is 3. The molecule has 29 heavy (non-hydrogen) atoms. The van der Waals surface area contributed by atoms with Gasteiger partial charge in [0.25, 0.3) is 0 Å². The van der Waals surface area contributed by atoms with Crippen LogP contribution in [0.2, 0.25) is 0 Å². The molecule has 3 rings (SSSR count). The van der Waals surface area contributed by atoms with Crippen molar-refractivity contribution in [3.63, 3.8) is 0 Å². The molecule has 0 saturated heterocycles. The second-order valence-electron chi connectivity index (χ2n) is 6.57. The average Bonchev–Trinajstić information content (AvgIpc) is 3.13. The van der Waals surface area contributed by atoms with Crippen LogP contribution in [-0.4, -0.2) is 60.3 Å². The smallest absolute Gasteiger partial charge is 0.191 e. The molecule has 0 radical (unpaired) electrons. The summed E-state index contributed by atoms with van der Waals surface area (Å²) in [4.78, 5) is 6.48. The second-order valence-corrected chi connectivity index (χ2v) is 6.57. The summed E-state index contributed by atoms with van der Waals surface area (Å²) >= 11 is 0. The highest BCUT2D eigenvalue weighted by atomic mass is 127. The van der Waals surface area contributed by atoms with E-state index in [0.29, 0.717) is 19.0 Å². The Bertz CT molecular complexity index is 941. The Morgan fingerprint density at radius 3 is 2.62 bits per heavy atom. The molecular formula is C20H28IN7O. The lowest BCUT2D eigenvalue weighted by molar-refractivity contribution is 0.287. The first kappa shape index (κ1) is 22.9. The molecular weight excluding hydrogens is 481 g/mol. The second kappa shape index (κ2) is 11.0. The first-order chi connectivity index (χ1) is 13.6. The third-order valence-electron chi connectivity index (χ3n) is 4.61. The highest BCUT2D eigenvalue weighted by Crippen LogP contribution is 2.27. The molecule has 0 aliphatic heterocycles. The van der Waals surface area contributed by atoms with Gasteiger partial charge in [0.15, 0.2) is 17.4 Å². The molecule has 2 aromatic heterocycles. The van der Waals surface area contributed by atoms with Crippen LogP contribution in [0.4, 0.5) is 0 Å². The van der Waals surface area contributed by atoms with Gasteiger partial charge in [-0.3, -0.25) is 9.39 Å². The van der Waals surface area contributed by atoms with Gasteiger partial charge in [-0.2, -0.15) is 0 Å². The summed E-state index contributed by atoms with van der Waals surface area (Å²) < 4.78 is 7.48. The van der Waals surface area contributed by atoms with E-state index in [9.17, 15) is 0 Å². The van der Waals surface area contributed by atoms with Gasteiger partial charge in [0.05, 0.1) is 19.7 Å². The first-order valence-electron chi connectivity index (χ1n) is 9.16. The molecule has 0 bridgehead atoms. The summed E-state index contributed by atoms with van der Waals surface area (Å²) in [5, 5.41) is 15.1. The maximum absolute atomic E-state index is 5.53. The van der Waals surface area contributed by atoms with Gasteiger partial charge in [0.1, 0.15) is 5.75 Å². The van der Waals surface area contributed by atoms with Crippen LogP contribution in [0.3, 0.4) is 0 Å². The largest absolute Gasteiger partial charge is 0.496 e. The zero-order valence-corrected chi connectivity index (χ0v) is 19.5. The van der Waals surface area contributed by atoms with Crippen LogP contribution in [0.25, 0.3) is 5.65 Å². The Hall–Kier alpha value is -2.40. The van der Waals surface area contributed by atoms with Crippen LogP contribution in [-0.2, 0) is 6.54 Å². The summed E-state index contributed by atoms with van der Waals surface area (Å²) in [6.07, 6.45) is 1.95. The number of halogens is 1. The fraction of sp³-hybridized carbons (Fsp3) is 0.350. The first-order valence-corrected chi connectivity index (χ1v) is 9.16. The molecule has 0 saturated carbocycles. The normalized spacial score (nSPS) is 12.5. The monoisotopic (exact) mass is 509 g/mol. The number of ether oxygens (including phenoxy) is 1. The van der Waals surface area contributed by atoms with Crippen LogP contribution in [0.5, 0.6) is 5.75 Å². The van der Waals surface area contributed by atoms with Crippen molar-refractivity contribution in [2.75, 3.05) is 34.8 Å². The van der Waals surface area contributed by atoms with E-state index < -0.39 is 0 Å². The Morgan fingerprint density at radius 2 is 1.90 bits per heavy atom. The van der Waals surface area contributed by atoms with Gasteiger partial charge in [-0.05, 0) is 32.3 Å². The van der Waals surface area contributed by atoms with Gasteiger partial charge < -0.3 is 20.3 Å². The van der Waals surface area contributed by atoms with Crippen molar-refractivity contribution in [2.45, 2.75) is 12.6 Å². The minimum atomic E-state index is 0. The molecule has 0 fully saturated rings. The highest BCUT2D eigenvalue weighted by molar-refractivity contribution is 14.0. The number of aliphatic imine (C=N–C) groups is 1. The van der Waals surface area contributed by atoms with E-state index >= 15 is 0 Å². The van der Waals surface area contributed by atoms with Gasteiger partial charge in [0, 0.05) is 25.4 Å². The summed E-state index contributed by atoms with van der Waals surface area (Å²) in [6.45, 7) is 1.19. The standard InChI is InChI=1S/C20H27N7O.HI/c1-21-20(23-14-19-25-24-18-11-7-8-12-27(18)19)22-13-16(26(2)3)15-9-5-6-10-17(15)28-4;/h5-12,16H,13-14H2,1-4H3,(H2,21,22,23);1H. The van der Waals surface area contributed by atoms with E-state index in [4.69, 9.17) is 4.74 Å². The third kappa shape index (κ3) is 5.57. The number of hydrogen-bond acceptors (Lipinski definition) is 5. The average molecular weight is 509 g/mol. The van der Waals surface area contributed by atoms with Gasteiger partial charge in [-0.25, -0.2) is 0 Å². The molecule has 2 heterocycles. The van der Waals surface area contributed by atoms with Crippen LogP contribution in [0, 0.1) is 0 Å². The van der Waals surface area contributed by atoms with Crippen LogP contribution in [0.15, 0.2) is 53.7 Å². The van der Waals surface area contributed by atoms with Crippen molar-refractivity contribution in [3.05, 3.63) is 60.0 Å². The number of hydrogen-bond donors (Lipinski definition) is 2. The molecule has 1 aromatic carbocycles. The SMILES string of the molecule is CN=C(NCc1nnc2ccccn12)NCC(c1ccccc1OC)N(C)C.I. The van der Waals surface area contributed by atoms with Crippen molar-refractivity contribution in [3.8, 4) is 5.75 Å². The number of methoxy groups -OCH3 is 1. The predicted octanol–water partition coefficient (Wildman–Crippen LogP) is 2.32. The van der Waals surface area contributed by atoms with Crippen LogP contribution >= 0.6 is 24.0 Å². The number of nitrogens with one attached hydrogen (secondary N) is 2. The number of benzene rings is 1. The molecule has 8 nitrogen and oxygen atoms in total. The fourth-order valence-corrected chi connectivity index (χ4v) is 3.10. The number of guanidine groups is 1. The van der Waals surface area contributed by atoms with E-state index in [0.717, 1.165) is 22.8 Å². The lowest BCUT2D eigenvalue weighted by Crippen LogP contribution is -2.41. The maximum Gasteiger partial charge on any atom is 0.191 e. The molecule has 0 amide bonds. The summed E-state index contributed by atoms with van der Waals surface area (Å²) in [6, 6.07) is 14.0. The number of pyridine rings is 1. The maximum atomic E-state index is 5.53. The molecule has 156 valence electrons. The third-order valence-corrected chi connectivity index (χ3v) is 4.61. The van der Waals surface area contributed by atoms with Crippen molar-refractivity contribution < 1.29 is 4.74 Å². The van der Waals surface area contributed by atoms with Crippen molar-refractivity contribution in [1.29, 1.82) is 0 Å². The topological polar surface area (TPSA) is 79.1 Å². The Labute approximate surface area is 188 Å². The molecule has 9 heteroatoms. The molecule has 1 unspecified atom stereocenters. The van der Waals surface area contributed by atoms with Gasteiger partial charge >= 0.3 is 0 Å². The Morgan fingerprint density at radius 1 is 1.14 bits per heavy atom. The van der Waals surface area contributed by atoms with E-state index in [1.165, 1.54) is 0 Å². The predicted molar refractivity (Wildman–Crippen MR) is 126 cm³/mol. The highest BCUT2D eigenvalue weighted by Gasteiger charge is 2.18. The summed E-state index contributed by atoms with van der Waals surface area (Å²) in [5.74, 6) is 2.41. The molecule has 0 aliphatic rings. The lowest BCUT2D eigenvalue weighted by Gasteiger charge is -2.27. The number of rotatable bonds is 7. The number of likely N-dealkylation sites (N-methyl/N-ethyl adjacent to an activating group) is 1. The lowest BCUT2D eigenvalue weighted by atomic mass is 10.0. The zero-order valence-electron chi connectivity index (χ0n) is 17.2. The van der Waals surface area contributed by atoms with Gasteiger partial charge in [-0.15, -0.1) is 34.2 Å². The molecule has 3 aromatic rings. The summed E-state index contributed by atoms with van der Waals surface area (Å²) in [5.41, 5.74) is 1.95. The minimum absolute atomic E-state index is 0. The van der Waals surface area contributed by atoms with E-state index in [1.54, 1.807) is 14.2 Å². The summed E-state index contributed by atoms with van der Waals surface area (Å²) in [7, 11) is 7.56. The molecule has 1 atom stereocenters. The van der Waals surface area contributed by atoms with Crippen LogP contribution in [0.1, 0.15) is 17.4 Å². The van der Waals surface area contributed by atoms with E-state index in [2.05, 4.69) is 50.9 Å². The van der Waals surface area contributed by atoms with Gasteiger partial charge in [0.2, 0.25) is 0 Å². The quantitative estimate of drug-likeness (QED) is 0.289. The van der Waals surface area contributed by atoms with Crippen LogP contribution < -0.4 is 15.4 Å². The zero-order chi connectivity index (χ0) is 19.9. The minimum Gasteiger partial charge on any atom is -0.496 e. The number of fused-ring (bicyclic) bond motifs is 1. The van der Waals surface area contributed by atoms with Crippen molar-refractivity contribution >= 4 is 35.6 Å². The Balaban J connectivity index is 0.00000300. The van der Waals surface area contributed by atoms with Crippen molar-refractivity contribution in [2.24, 2.45) is 4.99 Å². The van der Waals surface area contributed by atoms with Gasteiger partial charge in [-0.1, -0.05) is 24.3 Å². The molecule has 2 N–H and O–H groups in total. The number of nitrogens with zero attached hydrogens (tertiary/aromatic N) is 5. The Kier molecular flexibility index (Phi) is 8.65. The molecule has 0 aliphatic carbocycles. The molecule has 0 spiro atoms. The fourth-order valence-electron chi connectivity index (χ4n) is 3.10.